The van der Waals surface area contributed by atoms with Crippen molar-refractivity contribution in [3.63, 3.8) is 0 Å². The molecule has 0 bridgehead atoms. The van der Waals surface area contributed by atoms with Crippen molar-refractivity contribution in [1.82, 2.24) is 5.32 Å². The molecule has 0 fully saturated rings. The van der Waals surface area contributed by atoms with Crippen LogP contribution in [-0.2, 0) is 0 Å². The second-order valence-corrected chi connectivity index (χ2v) is 6.80. The zero-order valence-electron chi connectivity index (χ0n) is 12.6. The average Bonchev–Trinajstić information content (AvgIpc) is 2.46. The topological polar surface area (TPSA) is 21.3 Å². The predicted octanol–water partition coefficient (Wildman–Crippen LogP) is 5.15. The van der Waals surface area contributed by atoms with Crippen LogP contribution in [-0.4, -0.2) is 14.2 Å². The summed E-state index contributed by atoms with van der Waals surface area (Å²) in [4.78, 5) is 0. The first kappa shape index (κ1) is 16.5. The number of hydrogen-bond donors (Lipinski definition) is 1. The van der Waals surface area contributed by atoms with Gasteiger partial charge in [0.1, 0.15) is 5.75 Å². The summed E-state index contributed by atoms with van der Waals surface area (Å²) in [6, 6.07) is 10.6. The van der Waals surface area contributed by atoms with Gasteiger partial charge in [0.25, 0.3) is 0 Å². The molecule has 21 heavy (non-hydrogen) atoms. The third kappa shape index (κ3) is 3.50. The first-order valence-electron chi connectivity index (χ1n) is 6.75. The average molecular weight is 413 g/mol. The van der Waals surface area contributed by atoms with Crippen LogP contribution in [0, 0.1) is 13.8 Å². The molecule has 2 aromatic carbocycles. The van der Waals surface area contributed by atoms with Crippen molar-refractivity contribution in [2.75, 3.05) is 14.2 Å². The van der Waals surface area contributed by atoms with Crippen LogP contribution in [0.1, 0.15) is 28.3 Å². The fraction of sp³-hybridized carbons (Fsp3) is 0.294. The van der Waals surface area contributed by atoms with Crippen molar-refractivity contribution >= 4 is 31.9 Å². The van der Waals surface area contributed by atoms with Crippen LogP contribution >= 0.6 is 31.9 Å². The molecule has 0 spiro atoms. The Kier molecular flexibility index (Phi) is 5.47. The zero-order chi connectivity index (χ0) is 15.6. The monoisotopic (exact) mass is 411 g/mol. The molecule has 0 saturated carbocycles. The number of hydrogen-bond acceptors (Lipinski definition) is 2. The first-order chi connectivity index (χ1) is 9.97. The van der Waals surface area contributed by atoms with Crippen molar-refractivity contribution in [1.29, 1.82) is 0 Å². The number of aryl methyl sites for hydroxylation is 2. The quantitative estimate of drug-likeness (QED) is 0.749. The number of halogens is 2. The summed E-state index contributed by atoms with van der Waals surface area (Å²) >= 11 is 7.27. The third-order valence-corrected chi connectivity index (χ3v) is 5.15. The molecular weight excluding hydrogens is 394 g/mol. The van der Waals surface area contributed by atoms with Crippen molar-refractivity contribution in [3.8, 4) is 5.75 Å². The van der Waals surface area contributed by atoms with Gasteiger partial charge in [-0.1, -0.05) is 49.6 Å². The molecule has 4 heteroatoms. The fourth-order valence-electron chi connectivity index (χ4n) is 2.44. The Bertz CT molecular complexity index is 655. The van der Waals surface area contributed by atoms with E-state index in [9.17, 15) is 0 Å². The number of methoxy groups -OCH3 is 1. The van der Waals surface area contributed by atoms with Gasteiger partial charge in [-0.15, -0.1) is 0 Å². The van der Waals surface area contributed by atoms with E-state index >= 15 is 0 Å². The first-order valence-corrected chi connectivity index (χ1v) is 8.34. The Hall–Kier alpha value is -0.840. The summed E-state index contributed by atoms with van der Waals surface area (Å²) < 4.78 is 7.75. The summed E-state index contributed by atoms with van der Waals surface area (Å²) in [6.07, 6.45) is 0. The molecule has 2 nitrogen and oxygen atoms in total. The largest absolute Gasteiger partial charge is 0.496 e. The second-order valence-electron chi connectivity index (χ2n) is 5.09. The van der Waals surface area contributed by atoms with E-state index in [0.29, 0.717) is 0 Å². The smallest absolute Gasteiger partial charge is 0.124 e. The highest BCUT2D eigenvalue weighted by Crippen LogP contribution is 2.37. The van der Waals surface area contributed by atoms with Gasteiger partial charge in [-0.2, -0.15) is 0 Å². The van der Waals surface area contributed by atoms with E-state index in [1.165, 1.54) is 11.1 Å². The van der Waals surface area contributed by atoms with E-state index in [-0.39, 0.29) is 6.04 Å². The molecule has 0 saturated heterocycles. The van der Waals surface area contributed by atoms with Gasteiger partial charge in [-0.05, 0) is 50.2 Å². The Labute approximate surface area is 143 Å². The zero-order valence-corrected chi connectivity index (χ0v) is 15.8. The number of rotatable bonds is 4. The van der Waals surface area contributed by atoms with Crippen molar-refractivity contribution in [2.45, 2.75) is 19.9 Å². The Morgan fingerprint density at radius 1 is 1.00 bits per heavy atom. The molecule has 0 heterocycles. The summed E-state index contributed by atoms with van der Waals surface area (Å²) in [6.45, 7) is 4.16. The van der Waals surface area contributed by atoms with Gasteiger partial charge >= 0.3 is 0 Å². The normalized spacial score (nSPS) is 12.3. The van der Waals surface area contributed by atoms with Crippen LogP contribution < -0.4 is 10.1 Å². The van der Waals surface area contributed by atoms with E-state index < -0.39 is 0 Å². The standard InChI is InChI=1S/C17H19Br2NO/c1-10-5-6-14(18)12(7-10)17(20-3)13-9-15(19)11(2)8-16(13)21-4/h5-9,17,20H,1-4H3. The molecule has 2 aromatic rings. The van der Waals surface area contributed by atoms with Crippen LogP contribution in [0.3, 0.4) is 0 Å². The van der Waals surface area contributed by atoms with Crippen LogP contribution in [0.25, 0.3) is 0 Å². The Balaban J connectivity index is 2.61. The molecule has 0 aliphatic carbocycles. The minimum atomic E-state index is 0.0612. The molecule has 2 rings (SSSR count). The van der Waals surface area contributed by atoms with E-state index in [2.05, 4.69) is 81.4 Å². The van der Waals surface area contributed by atoms with Crippen molar-refractivity contribution in [3.05, 3.63) is 61.5 Å². The Morgan fingerprint density at radius 3 is 2.33 bits per heavy atom. The van der Waals surface area contributed by atoms with E-state index in [0.717, 1.165) is 25.8 Å². The van der Waals surface area contributed by atoms with Gasteiger partial charge < -0.3 is 10.1 Å². The Morgan fingerprint density at radius 2 is 1.71 bits per heavy atom. The number of benzene rings is 2. The highest BCUT2D eigenvalue weighted by atomic mass is 79.9. The molecule has 0 radical (unpaired) electrons. The molecule has 1 atom stereocenters. The van der Waals surface area contributed by atoms with Crippen LogP contribution in [0.5, 0.6) is 5.75 Å². The third-order valence-electron chi connectivity index (χ3n) is 3.57. The van der Waals surface area contributed by atoms with Gasteiger partial charge in [0.05, 0.1) is 13.2 Å². The van der Waals surface area contributed by atoms with Gasteiger partial charge in [0.2, 0.25) is 0 Å². The van der Waals surface area contributed by atoms with Gasteiger partial charge in [-0.3, -0.25) is 0 Å². The maximum Gasteiger partial charge on any atom is 0.124 e. The molecule has 0 amide bonds. The number of nitrogens with one attached hydrogen (secondary N) is 1. The fourth-order valence-corrected chi connectivity index (χ4v) is 3.27. The van der Waals surface area contributed by atoms with E-state index in [1.54, 1.807) is 7.11 Å². The van der Waals surface area contributed by atoms with Crippen molar-refractivity contribution < 1.29 is 4.74 Å². The van der Waals surface area contributed by atoms with Gasteiger partial charge in [0.15, 0.2) is 0 Å². The lowest BCUT2D eigenvalue weighted by atomic mass is 9.96. The molecule has 1 N–H and O–H groups in total. The highest BCUT2D eigenvalue weighted by Gasteiger charge is 2.20. The maximum absolute atomic E-state index is 5.58. The second kappa shape index (κ2) is 6.95. The molecule has 1 unspecified atom stereocenters. The van der Waals surface area contributed by atoms with Gasteiger partial charge in [0, 0.05) is 14.5 Å². The van der Waals surface area contributed by atoms with E-state index in [1.807, 2.05) is 7.05 Å². The minimum absolute atomic E-state index is 0.0612. The molecule has 0 aliphatic heterocycles. The lowest BCUT2D eigenvalue weighted by Gasteiger charge is -2.22. The number of ether oxygens (including phenoxy) is 1. The predicted molar refractivity (Wildman–Crippen MR) is 95.2 cm³/mol. The maximum atomic E-state index is 5.58. The highest BCUT2D eigenvalue weighted by molar-refractivity contribution is 9.10. The van der Waals surface area contributed by atoms with Crippen LogP contribution in [0.2, 0.25) is 0 Å². The van der Waals surface area contributed by atoms with Crippen LogP contribution in [0.15, 0.2) is 39.3 Å². The lowest BCUT2D eigenvalue weighted by molar-refractivity contribution is 0.405. The van der Waals surface area contributed by atoms with E-state index in [4.69, 9.17) is 4.74 Å². The molecular formula is C17H19Br2NO. The summed E-state index contributed by atoms with van der Waals surface area (Å²) in [7, 11) is 3.68. The minimum Gasteiger partial charge on any atom is -0.496 e. The summed E-state index contributed by atoms with van der Waals surface area (Å²) in [5.74, 6) is 0.892. The van der Waals surface area contributed by atoms with Gasteiger partial charge in [-0.25, -0.2) is 0 Å². The van der Waals surface area contributed by atoms with Crippen molar-refractivity contribution in [2.24, 2.45) is 0 Å². The SMILES string of the molecule is CNC(c1cc(C)ccc1Br)c1cc(Br)c(C)cc1OC. The summed E-state index contributed by atoms with van der Waals surface area (Å²) in [5.41, 5.74) is 4.71. The molecule has 0 aliphatic rings. The molecule has 112 valence electrons. The molecule has 0 aromatic heterocycles. The lowest BCUT2D eigenvalue weighted by Crippen LogP contribution is -2.19. The van der Waals surface area contributed by atoms with Crippen LogP contribution in [0.4, 0.5) is 0 Å². The summed E-state index contributed by atoms with van der Waals surface area (Å²) in [5, 5.41) is 3.39.